The van der Waals surface area contributed by atoms with Crippen molar-refractivity contribution in [3.05, 3.63) is 24.3 Å². The van der Waals surface area contributed by atoms with E-state index in [9.17, 15) is 31.2 Å². The molecule has 2 amide bonds. The molecule has 0 radical (unpaired) electrons. The number of nitrogens with zero attached hydrogens (tertiary/aromatic N) is 2. The first-order valence-electron chi connectivity index (χ1n) is 6.76. The molecule has 1 aliphatic rings. The molecule has 1 aliphatic heterocycles. The van der Waals surface area contributed by atoms with Crippen molar-refractivity contribution in [2.75, 3.05) is 31.6 Å². The van der Waals surface area contributed by atoms with Gasteiger partial charge in [0.25, 0.3) is 0 Å². The van der Waals surface area contributed by atoms with Gasteiger partial charge in [0.1, 0.15) is 6.54 Å². The monoisotopic (exact) mass is 365 g/mol. The zero-order chi connectivity index (χ0) is 18.1. The molecule has 1 saturated heterocycles. The number of halogens is 3. The Morgan fingerprint density at radius 2 is 1.75 bits per heavy atom. The maximum atomic E-state index is 12.4. The first-order valence-corrected chi connectivity index (χ1v) is 8.24. The van der Waals surface area contributed by atoms with E-state index in [-0.39, 0.29) is 18.0 Å². The number of nitrogens with one attached hydrogen (secondary N) is 1. The number of rotatable bonds is 3. The highest BCUT2D eigenvalue weighted by Gasteiger charge is 2.44. The van der Waals surface area contributed by atoms with Crippen LogP contribution in [0.2, 0.25) is 0 Å². The fourth-order valence-corrected chi connectivity index (χ4v) is 2.95. The quantitative estimate of drug-likeness (QED) is 0.837. The number of anilines is 1. The van der Waals surface area contributed by atoms with Crippen molar-refractivity contribution in [1.82, 2.24) is 9.62 Å². The summed E-state index contributed by atoms with van der Waals surface area (Å²) in [6, 6.07) is 5.32. The maximum absolute atomic E-state index is 12.4. The van der Waals surface area contributed by atoms with E-state index in [1.807, 2.05) is 0 Å². The van der Waals surface area contributed by atoms with Gasteiger partial charge in [0, 0.05) is 18.8 Å². The summed E-state index contributed by atoms with van der Waals surface area (Å²) in [5, 5.41) is 0. The number of carbonyl (C=O) groups excluding carboxylic acids is 2. The van der Waals surface area contributed by atoms with Crippen LogP contribution in [0.4, 0.5) is 18.9 Å². The van der Waals surface area contributed by atoms with Crippen molar-refractivity contribution < 1.29 is 31.2 Å². The number of sulfonamides is 1. The molecule has 24 heavy (non-hydrogen) atoms. The van der Waals surface area contributed by atoms with Crippen LogP contribution in [-0.4, -0.2) is 58.0 Å². The Bertz CT molecular complexity index is 747. The Kier molecular flexibility index (Phi) is 4.85. The molecular weight excluding hydrogens is 351 g/mol. The van der Waals surface area contributed by atoms with E-state index in [1.54, 1.807) is 0 Å². The first kappa shape index (κ1) is 18.2. The maximum Gasteiger partial charge on any atom is 0.471 e. The second-order valence-corrected chi connectivity index (χ2v) is 6.86. The summed E-state index contributed by atoms with van der Waals surface area (Å²) < 4.78 is 62.6. The lowest BCUT2D eigenvalue weighted by Crippen LogP contribution is -2.55. The average molecular weight is 365 g/mol. The smallest absolute Gasteiger partial charge is 0.324 e. The molecule has 0 saturated carbocycles. The van der Waals surface area contributed by atoms with Crippen LogP contribution in [0.5, 0.6) is 0 Å². The molecule has 0 bridgehead atoms. The van der Waals surface area contributed by atoms with E-state index < -0.39 is 34.6 Å². The lowest BCUT2D eigenvalue weighted by atomic mass is 10.2. The van der Waals surface area contributed by atoms with Crippen LogP contribution in [-0.2, 0) is 19.6 Å². The molecule has 11 heteroatoms. The second-order valence-electron chi connectivity index (χ2n) is 4.97. The van der Waals surface area contributed by atoms with Crippen molar-refractivity contribution >= 4 is 27.5 Å². The molecule has 0 spiro atoms. The van der Waals surface area contributed by atoms with Gasteiger partial charge in [-0.2, -0.15) is 13.2 Å². The Hall–Kier alpha value is -2.14. The molecule has 0 atom stereocenters. The summed E-state index contributed by atoms with van der Waals surface area (Å²) in [6.45, 7) is -1.06. The normalized spacial score (nSPS) is 16.4. The molecule has 0 aliphatic carbocycles. The van der Waals surface area contributed by atoms with Crippen molar-refractivity contribution in [3.63, 3.8) is 0 Å². The summed E-state index contributed by atoms with van der Waals surface area (Å²) >= 11 is 0. The fourth-order valence-electron chi connectivity index (χ4n) is 2.22. The minimum Gasteiger partial charge on any atom is -0.324 e. The van der Waals surface area contributed by atoms with Crippen LogP contribution in [0.1, 0.15) is 0 Å². The number of benzene rings is 1. The van der Waals surface area contributed by atoms with Gasteiger partial charge in [-0.15, -0.1) is 0 Å². The number of hydrogen-bond acceptors (Lipinski definition) is 4. The number of hydrogen-bond donors (Lipinski definition) is 1. The van der Waals surface area contributed by atoms with Gasteiger partial charge in [-0.25, -0.2) is 13.1 Å². The summed E-state index contributed by atoms with van der Waals surface area (Å²) in [4.78, 5) is 24.8. The second kappa shape index (κ2) is 6.40. The van der Waals surface area contributed by atoms with Crippen LogP contribution < -0.4 is 9.62 Å². The lowest BCUT2D eigenvalue weighted by Gasteiger charge is -2.34. The minimum atomic E-state index is -5.02. The first-order chi connectivity index (χ1) is 11.1. The lowest BCUT2D eigenvalue weighted by molar-refractivity contribution is -0.186. The summed E-state index contributed by atoms with van der Waals surface area (Å²) in [5.41, 5.74) is 0.342. The van der Waals surface area contributed by atoms with Gasteiger partial charge >= 0.3 is 12.1 Å². The molecular formula is C13H14F3N3O4S. The van der Waals surface area contributed by atoms with Crippen molar-refractivity contribution in [1.29, 1.82) is 0 Å². The number of alkyl halides is 3. The van der Waals surface area contributed by atoms with Gasteiger partial charge in [-0.1, -0.05) is 0 Å². The van der Waals surface area contributed by atoms with Crippen LogP contribution in [0.15, 0.2) is 29.2 Å². The van der Waals surface area contributed by atoms with Crippen LogP contribution in [0.3, 0.4) is 0 Å². The predicted octanol–water partition coefficient (Wildman–Crippen LogP) is 0.332. The summed E-state index contributed by atoms with van der Waals surface area (Å²) in [5.74, 6) is -2.73. The molecule has 2 rings (SSSR count). The third-order valence-corrected chi connectivity index (χ3v) is 4.91. The van der Waals surface area contributed by atoms with E-state index in [0.717, 1.165) is 0 Å². The van der Waals surface area contributed by atoms with Crippen molar-refractivity contribution in [2.45, 2.75) is 11.1 Å². The third kappa shape index (κ3) is 3.67. The molecule has 0 unspecified atom stereocenters. The average Bonchev–Trinajstić information content (AvgIpc) is 2.53. The minimum absolute atomic E-state index is 0.00733. The molecule has 1 aromatic carbocycles. The highest BCUT2D eigenvalue weighted by atomic mass is 32.2. The number of carbonyl (C=O) groups is 2. The van der Waals surface area contributed by atoms with Crippen molar-refractivity contribution in [2.24, 2.45) is 0 Å². The van der Waals surface area contributed by atoms with E-state index in [4.69, 9.17) is 0 Å². The summed E-state index contributed by atoms with van der Waals surface area (Å²) in [6.07, 6.45) is -5.02. The Labute approximate surface area is 136 Å². The van der Waals surface area contributed by atoms with E-state index in [0.29, 0.717) is 10.6 Å². The third-order valence-electron chi connectivity index (χ3n) is 3.48. The predicted molar refractivity (Wildman–Crippen MR) is 77.7 cm³/mol. The van der Waals surface area contributed by atoms with Gasteiger partial charge < -0.3 is 9.80 Å². The SMILES string of the molecule is CNS(=O)(=O)c1ccc(N2CCN(C(=O)C(F)(F)F)CC2=O)cc1. The van der Waals surface area contributed by atoms with Gasteiger partial charge in [0.2, 0.25) is 15.9 Å². The molecule has 7 nitrogen and oxygen atoms in total. The zero-order valence-electron chi connectivity index (χ0n) is 12.5. The highest BCUT2D eigenvalue weighted by Crippen LogP contribution is 2.23. The zero-order valence-corrected chi connectivity index (χ0v) is 13.3. The van der Waals surface area contributed by atoms with Crippen LogP contribution in [0, 0.1) is 0 Å². The molecule has 1 heterocycles. The van der Waals surface area contributed by atoms with Gasteiger partial charge in [0.05, 0.1) is 4.90 Å². The largest absolute Gasteiger partial charge is 0.471 e. The van der Waals surface area contributed by atoms with Gasteiger partial charge in [0.15, 0.2) is 0 Å². The van der Waals surface area contributed by atoms with Crippen LogP contribution >= 0.6 is 0 Å². The van der Waals surface area contributed by atoms with E-state index in [2.05, 4.69) is 4.72 Å². The number of piperazine rings is 1. The molecule has 1 N–H and O–H groups in total. The fraction of sp³-hybridized carbons (Fsp3) is 0.385. The van der Waals surface area contributed by atoms with E-state index >= 15 is 0 Å². The van der Waals surface area contributed by atoms with Gasteiger partial charge in [-0.3, -0.25) is 9.59 Å². The Morgan fingerprint density at radius 1 is 1.17 bits per heavy atom. The van der Waals surface area contributed by atoms with Gasteiger partial charge in [-0.05, 0) is 31.3 Å². The Balaban J connectivity index is 2.13. The molecule has 1 fully saturated rings. The van der Waals surface area contributed by atoms with Crippen molar-refractivity contribution in [3.8, 4) is 0 Å². The molecule has 1 aromatic rings. The molecule has 0 aromatic heterocycles. The standard InChI is InChI=1S/C13H14F3N3O4S/c1-17-24(22,23)10-4-2-9(3-5-10)19-7-6-18(8-11(19)20)12(21)13(14,15)16/h2-5,17H,6-8H2,1H3. The van der Waals surface area contributed by atoms with E-state index in [1.165, 1.54) is 36.2 Å². The summed E-state index contributed by atoms with van der Waals surface area (Å²) in [7, 11) is -2.37. The highest BCUT2D eigenvalue weighted by molar-refractivity contribution is 7.89. The van der Waals surface area contributed by atoms with Crippen LogP contribution in [0.25, 0.3) is 0 Å². The Morgan fingerprint density at radius 3 is 2.21 bits per heavy atom. The topological polar surface area (TPSA) is 86.8 Å². The molecule has 132 valence electrons. The number of amides is 2.